The molecule has 0 saturated heterocycles. The Morgan fingerprint density at radius 3 is 2.71 bits per heavy atom. The fraction of sp³-hybridized carbons (Fsp3) is 0.300. The summed E-state index contributed by atoms with van der Waals surface area (Å²) in [5.74, 6) is 1.36. The summed E-state index contributed by atoms with van der Waals surface area (Å²) in [5.41, 5.74) is 1.38. The van der Waals surface area contributed by atoms with E-state index in [1.165, 1.54) is 17.8 Å². The summed E-state index contributed by atoms with van der Waals surface area (Å²) >= 11 is 7.33. The van der Waals surface area contributed by atoms with Crippen molar-refractivity contribution in [2.75, 3.05) is 0 Å². The molecule has 2 heterocycles. The molecule has 0 atom stereocenters. The number of nitrogens with zero attached hydrogens (tertiary/aromatic N) is 2. The van der Waals surface area contributed by atoms with E-state index in [0.717, 1.165) is 11.5 Å². The van der Waals surface area contributed by atoms with Gasteiger partial charge in [0.2, 0.25) is 0 Å². The summed E-state index contributed by atoms with van der Waals surface area (Å²) in [6, 6.07) is 1.46. The van der Waals surface area contributed by atoms with Crippen LogP contribution in [0, 0.1) is 13.8 Å². The lowest BCUT2D eigenvalue weighted by Crippen LogP contribution is -2.08. The van der Waals surface area contributed by atoms with Gasteiger partial charge in [-0.1, -0.05) is 23.4 Å². The standard InChI is InChI=1S/C10H11ClN4OS/c1-5-3-8(16)15-10(12-5)17-4-7-9(11)14-6(2)13-7/h3H,4H2,1-2H3,(H,13,14)(H,12,15,16). The van der Waals surface area contributed by atoms with Crippen molar-refractivity contribution < 1.29 is 0 Å². The van der Waals surface area contributed by atoms with Crippen LogP contribution in [0.25, 0.3) is 0 Å². The van der Waals surface area contributed by atoms with Gasteiger partial charge in [-0.15, -0.1) is 0 Å². The third-order valence-corrected chi connectivity index (χ3v) is 3.26. The predicted molar refractivity (Wildman–Crippen MR) is 67.5 cm³/mol. The average molecular weight is 271 g/mol. The molecule has 7 heteroatoms. The average Bonchev–Trinajstić information content (AvgIpc) is 2.53. The van der Waals surface area contributed by atoms with Crippen LogP contribution in [0.3, 0.4) is 0 Å². The van der Waals surface area contributed by atoms with Crippen molar-refractivity contribution in [3.05, 3.63) is 38.8 Å². The number of thioether (sulfide) groups is 1. The first kappa shape index (κ1) is 12.2. The molecule has 0 fully saturated rings. The second-order valence-corrected chi connectivity index (χ2v) is 4.89. The molecule has 0 spiro atoms. The molecular weight excluding hydrogens is 260 g/mol. The minimum Gasteiger partial charge on any atom is -0.344 e. The van der Waals surface area contributed by atoms with Crippen LogP contribution < -0.4 is 5.56 Å². The molecule has 0 radical (unpaired) electrons. The number of halogens is 1. The van der Waals surface area contributed by atoms with Gasteiger partial charge in [0.25, 0.3) is 5.56 Å². The SMILES string of the molecule is Cc1cc(=O)[nH]c(SCc2[nH]c(C)nc2Cl)n1. The summed E-state index contributed by atoms with van der Waals surface area (Å²) < 4.78 is 0. The molecule has 0 amide bonds. The third kappa shape index (κ3) is 3.10. The fourth-order valence-corrected chi connectivity index (χ4v) is 2.56. The summed E-state index contributed by atoms with van der Waals surface area (Å²) in [6.07, 6.45) is 0. The van der Waals surface area contributed by atoms with Gasteiger partial charge in [-0.25, -0.2) is 9.97 Å². The highest BCUT2D eigenvalue weighted by atomic mass is 35.5. The highest BCUT2D eigenvalue weighted by molar-refractivity contribution is 7.98. The van der Waals surface area contributed by atoms with Crippen LogP contribution in [0.2, 0.25) is 5.15 Å². The highest BCUT2D eigenvalue weighted by Gasteiger charge is 2.07. The summed E-state index contributed by atoms with van der Waals surface area (Å²) in [6.45, 7) is 3.62. The van der Waals surface area contributed by atoms with Gasteiger partial charge in [0.15, 0.2) is 10.3 Å². The van der Waals surface area contributed by atoms with Gasteiger partial charge in [0, 0.05) is 17.5 Å². The van der Waals surface area contributed by atoms with E-state index in [4.69, 9.17) is 11.6 Å². The fourth-order valence-electron chi connectivity index (χ4n) is 1.37. The largest absolute Gasteiger partial charge is 0.344 e. The Hall–Kier alpha value is -1.27. The van der Waals surface area contributed by atoms with Crippen LogP contribution in [0.4, 0.5) is 0 Å². The summed E-state index contributed by atoms with van der Waals surface area (Å²) in [4.78, 5) is 25.2. The van der Waals surface area contributed by atoms with E-state index < -0.39 is 0 Å². The molecule has 2 N–H and O–H groups in total. The molecule has 17 heavy (non-hydrogen) atoms. The van der Waals surface area contributed by atoms with Crippen LogP contribution in [0.5, 0.6) is 0 Å². The van der Waals surface area contributed by atoms with Crippen molar-refractivity contribution in [3.63, 3.8) is 0 Å². The van der Waals surface area contributed by atoms with Crippen molar-refractivity contribution in [3.8, 4) is 0 Å². The number of aromatic nitrogens is 4. The molecule has 90 valence electrons. The molecule has 2 aromatic rings. The van der Waals surface area contributed by atoms with E-state index >= 15 is 0 Å². The van der Waals surface area contributed by atoms with E-state index in [9.17, 15) is 4.79 Å². The van der Waals surface area contributed by atoms with E-state index in [-0.39, 0.29) is 5.56 Å². The number of H-pyrrole nitrogens is 2. The van der Waals surface area contributed by atoms with Gasteiger partial charge in [-0.3, -0.25) is 4.79 Å². The zero-order valence-electron chi connectivity index (χ0n) is 9.37. The molecular formula is C10H11ClN4OS. The first-order valence-corrected chi connectivity index (χ1v) is 6.32. The number of aromatic amines is 2. The van der Waals surface area contributed by atoms with Crippen LogP contribution in [-0.2, 0) is 5.75 Å². The quantitative estimate of drug-likeness (QED) is 0.661. The molecule has 0 aliphatic carbocycles. The maximum Gasteiger partial charge on any atom is 0.251 e. The van der Waals surface area contributed by atoms with Crippen molar-refractivity contribution in [2.45, 2.75) is 24.8 Å². The van der Waals surface area contributed by atoms with Crippen LogP contribution in [0.1, 0.15) is 17.2 Å². The number of imidazole rings is 1. The normalized spacial score (nSPS) is 10.8. The van der Waals surface area contributed by atoms with Crippen molar-refractivity contribution >= 4 is 23.4 Å². The van der Waals surface area contributed by atoms with Gasteiger partial charge in [-0.2, -0.15) is 0 Å². The Balaban J connectivity index is 2.12. The van der Waals surface area contributed by atoms with E-state index in [2.05, 4.69) is 19.9 Å². The molecule has 2 aromatic heterocycles. The summed E-state index contributed by atoms with van der Waals surface area (Å²) in [7, 11) is 0. The Morgan fingerprint density at radius 1 is 1.35 bits per heavy atom. The van der Waals surface area contributed by atoms with E-state index in [1.54, 1.807) is 6.92 Å². The first-order chi connectivity index (χ1) is 8.04. The Morgan fingerprint density at radius 2 is 2.12 bits per heavy atom. The molecule has 0 aliphatic rings. The predicted octanol–water partition coefficient (Wildman–Crippen LogP) is 2.06. The van der Waals surface area contributed by atoms with Gasteiger partial charge < -0.3 is 9.97 Å². The van der Waals surface area contributed by atoms with Crippen LogP contribution >= 0.6 is 23.4 Å². The number of hydrogen-bond acceptors (Lipinski definition) is 4. The smallest absolute Gasteiger partial charge is 0.251 e. The van der Waals surface area contributed by atoms with Gasteiger partial charge in [0.1, 0.15) is 5.82 Å². The lowest BCUT2D eigenvalue weighted by Gasteiger charge is -2.00. The maximum absolute atomic E-state index is 11.2. The summed E-state index contributed by atoms with van der Waals surface area (Å²) in [5, 5.41) is 1.04. The molecule has 0 unspecified atom stereocenters. The monoisotopic (exact) mass is 270 g/mol. The molecule has 0 saturated carbocycles. The van der Waals surface area contributed by atoms with Gasteiger partial charge in [0.05, 0.1) is 5.69 Å². The zero-order valence-corrected chi connectivity index (χ0v) is 10.9. The maximum atomic E-state index is 11.2. The number of hydrogen-bond donors (Lipinski definition) is 2. The lowest BCUT2D eigenvalue weighted by atomic mass is 10.5. The van der Waals surface area contributed by atoms with Crippen LogP contribution in [-0.4, -0.2) is 19.9 Å². The van der Waals surface area contributed by atoms with Gasteiger partial charge in [-0.05, 0) is 13.8 Å². The van der Waals surface area contributed by atoms with Crippen molar-refractivity contribution in [1.29, 1.82) is 0 Å². The van der Waals surface area contributed by atoms with E-state index in [0.29, 0.717) is 21.8 Å². The lowest BCUT2D eigenvalue weighted by molar-refractivity contribution is 0.904. The van der Waals surface area contributed by atoms with E-state index in [1.807, 2.05) is 6.92 Å². The molecule has 0 bridgehead atoms. The van der Waals surface area contributed by atoms with Crippen molar-refractivity contribution in [1.82, 2.24) is 19.9 Å². The third-order valence-electron chi connectivity index (χ3n) is 2.05. The molecule has 5 nitrogen and oxygen atoms in total. The highest BCUT2D eigenvalue weighted by Crippen LogP contribution is 2.22. The molecule has 2 rings (SSSR count). The topological polar surface area (TPSA) is 74.4 Å². The second-order valence-electron chi connectivity index (χ2n) is 3.57. The zero-order chi connectivity index (χ0) is 12.4. The number of rotatable bonds is 3. The number of aryl methyl sites for hydroxylation is 2. The minimum absolute atomic E-state index is 0.146. The van der Waals surface area contributed by atoms with Crippen LogP contribution in [0.15, 0.2) is 16.0 Å². The Labute approximate surface area is 107 Å². The first-order valence-electron chi connectivity index (χ1n) is 4.96. The molecule has 0 aromatic carbocycles. The minimum atomic E-state index is -0.146. The van der Waals surface area contributed by atoms with Crippen molar-refractivity contribution in [2.24, 2.45) is 0 Å². The van der Waals surface area contributed by atoms with Gasteiger partial charge >= 0.3 is 0 Å². The molecule has 0 aliphatic heterocycles. The Bertz CT molecular complexity index is 592. The second kappa shape index (κ2) is 4.93. The Kier molecular flexibility index (Phi) is 3.54. The number of nitrogens with one attached hydrogen (secondary N) is 2.